The third-order valence-corrected chi connectivity index (χ3v) is 3.95. The minimum atomic E-state index is -0.385. The van der Waals surface area contributed by atoms with Crippen molar-refractivity contribution in [3.8, 4) is 0 Å². The van der Waals surface area contributed by atoms with Gasteiger partial charge in [-0.05, 0) is 51.3 Å². The van der Waals surface area contributed by atoms with E-state index in [1.807, 2.05) is 6.92 Å². The van der Waals surface area contributed by atoms with Crippen molar-refractivity contribution >= 4 is 5.69 Å². The van der Waals surface area contributed by atoms with Crippen LogP contribution in [-0.2, 0) is 0 Å². The highest BCUT2D eigenvalue weighted by Crippen LogP contribution is 2.21. The van der Waals surface area contributed by atoms with Crippen molar-refractivity contribution < 1.29 is 8.78 Å². The number of rotatable bonds is 4. The minimum absolute atomic E-state index is 0.113. The van der Waals surface area contributed by atoms with Crippen LogP contribution in [0.5, 0.6) is 0 Å². The fourth-order valence-corrected chi connectivity index (χ4v) is 2.81. The molecule has 0 amide bonds. The highest BCUT2D eigenvalue weighted by atomic mass is 19.1. The fourth-order valence-electron chi connectivity index (χ4n) is 2.81. The van der Waals surface area contributed by atoms with Crippen LogP contribution in [0.15, 0.2) is 12.1 Å². The smallest absolute Gasteiger partial charge is 0.146 e. The monoisotopic (exact) mass is 282 g/mol. The van der Waals surface area contributed by atoms with E-state index in [2.05, 4.69) is 10.6 Å². The largest absolute Gasteiger partial charge is 0.380 e. The Morgan fingerprint density at radius 3 is 2.85 bits per heavy atom. The van der Waals surface area contributed by atoms with Crippen molar-refractivity contribution in [2.75, 3.05) is 11.9 Å². The Balaban J connectivity index is 1.93. The quantitative estimate of drug-likeness (QED) is 0.872. The molecular weight excluding hydrogens is 258 g/mol. The second kappa shape index (κ2) is 7.02. The molecule has 0 aromatic heterocycles. The number of hydrogen-bond acceptors (Lipinski definition) is 2. The van der Waals surface area contributed by atoms with E-state index in [-0.39, 0.29) is 23.4 Å². The molecule has 20 heavy (non-hydrogen) atoms. The lowest BCUT2D eigenvalue weighted by Crippen LogP contribution is -2.33. The van der Waals surface area contributed by atoms with Crippen LogP contribution >= 0.6 is 0 Å². The Kier molecular flexibility index (Phi) is 5.35. The summed E-state index contributed by atoms with van der Waals surface area (Å²) in [6.07, 6.45) is 5.85. The van der Waals surface area contributed by atoms with Gasteiger partial charge in [0, 0.05) is 18.2 Å². The molecule has 2 N–H and O–H groups in total. The summed E-state index contributed by atoms with van der Waals surface area (Å²) in [5.41, 5.74) is 0.598. The van der Waals surface area contributed by atoms with E-state index in [9.17, 15) is 8.78 Å². The molecule has 1 aliphatic heterocycles. The maximum absolute atomic E-state index is 13.8. The van der Waals surface area contributed by atoms with Crippen molar-refractivity contribution in [1.29, 1.82) is 0 Å². The van der Waals surface area contributed by atoms with Gasteiger partial charge in [-0.3, -0.25) is 0 Å². The zero-order valence-electron chi connectivity index (χ0n) is 12.3. The van der Waals surface area contributed by atoms with E-state index in [0.717, 1.165) is 19.4 Å². The van der Waals surface area contributed by atoms with Gasteiger partial charge in [-0.2, -0.15) is 0 Å². The molecule has 2 unspecified atom stereocenters. The van der Waals surface area contributed by atoms with Crippen LogP contribution in [0.2, 0.25) is 0 Å². The Bertz CT molecular complexity index is 440. The molecule has 2 nitrogen and oxygen atoms in total. The molecule has 0 saturated carbocycles. The third-order valence-electron chi connectivity index (χ3n) is 3.95. The average Bonchev–Trinajstić information content (AvgIpc) is 2.64. The SMILES string of the molecule is Cc1cc(F)c(NC(C)CC2CCCCCN2)cc1F. The van der Waals surface area contributed by atoms with Crippen molar-refractivity contribution in [1.82, 2.24) is 5.32 Å². The molecule has 0 radical (unpaired) electrons. The molecule has 2 atom stereocenters. The van der Waals surface area contributed by atoms with E-state index in [1.54, 1.807) is 6.92 Å². The lowest BCUT2D eigenvalue weighted by molar-refractivity contribution is 0.455. The topological polar surface area (TPSA) is 24.1 Å². The molecule has 1 fully saturated rings. The van der Waals surface area contributed by atoms with Crippen molar-refractivity contribution in [2.24, 2.45) is 0 Å². The van der Waals surface area contributed by atoms with E-state index in [1.165, 1.54) is 31.4 Å². The molecule has 1 aromatic rings. The Labute approximate surface area is 120 Å². The van der Waals surface area contributed by atoms with Crippen LogP contribution in [0.1, 0.15) is 44.6 Å². The van der Waals surface area contributed by atoms with Gasteiger partial charge in [0.25, 0.3) is 0 Å². The van der Waals surface area contributed by atoms with Gasteiger partial charge in [-0.1, -0.05) is 12.8 Å². The maximum Gasteiger partial charge on any atom is 0.146 e. The highest BCUT2D eigenvalue weighted by Gasteiger charge is 2.16. The third kappa shape index (κ3) is 4.17. The standard InChI is InChI=1S/C16H24F2N2/c1-11-8-15(18)16(10-14(11)17)20-12(2)9-13-6-4-3-5-7-19-13/h8,10,12-13,19-20H,3-7,9H2,1-2H3. The summed E-state index contributed by atoms with van der Waals surface area (Å²) in [5, 5.41) is 6.62. The summed E-state index contributed by atoms with van der Waals surface area (Å²) in [6, 6.07) is 3.08. The Morgan fingerprint density at radius 2 is 2.05 bits per heavy atom. The molecule has 4 heteroatoms. The highest BCUT2D eigenvalue weighted by molar-refractivity contribution is 5.47. The van der Waals surface area contributed by atoms with E-state index >= 15 is 0 Å². The zero-order valence-corrected chi connectivity index (χ0v) is 12.3. The first-order chi connectivity index (χ1) is 9.56. The van der Waals surface area contributed by atoms with Gasteiger partial charge >= 0.3 is 0 Å². The molecule has 1 heterocycles. The van der Waals surface area contributed by atoms with Crippen molar-refractivity contribution in [3.05, 3.63) is 29.3 Å². The van der Waals surface area contributed by atoms with E-state index in [4.69, 9.17) is 0 Å². The van der Waals surface area contributed by atoms with E-state index < -0.39 is 0 Å². The molecule has 2 rings (SSSR count). The Hall–Kier alpha value is -1.16. The molecule has 0 aliphatic carbocycles. The van der Waals surface area contributed by atoms with Gasteiger partial charge in [-0.15, -0.1) is 0 Å². The van der Waals surface area contributed by atoms with E-state index in [0.29, 0.717) is 11.6 Å². The molecule has 112 valence electrons. The number of hydrogen-bond donors (Lipinski definition) is 2. The number of anilines is 1. The number of aryl methyl sites for hydroxylation is 1. The molecule has 0 bridgehead atoms. The number of benzene rings is 1. The van der Waals surface area contributed by atoms with Crippen LogP contribution in [0, 0.1) is 18.6 Å². The number of halogens is 2. The van der Waals surface area contributed by atoms with Gasteiger partial charge in [0.2, 0.25) is 0 Å². The van der Waals surface area contributed by atoms with Crippen molar-refractivity contribution in [3.63, 3.8) is 0 Å². The summed E-state index contributed by atoms with van der Waals surface area (Å²) in [6.45, 7) is 4.65. The van der Waals surface area contributed by atoms with Crippen LogP contribution in [0.25, 0.3) is 0 Å². The first-order valence-electron chi connectivity index (χ1n) is 7.52. The summed E-state index contributed by atoms with van der Waals surface area (Å²) >= 11 is 0. The van der Waals surface area contributed by atoms with Gasteiger partial charge in [0.15, 0.2) is 0 Å². The summed E-state index contributed by atoms with van der Waals surface area (Å²) in [4.78, 5) is 0. The average molecular weight is 282 g/mol. The molecule has 1 aromatic carbocycles. The second-order valence-electron chi connectivity index (χ2n) is 5.86. The molecule has 0 spiro atoms. The predicted octanol–water partition coefficient (Wildman–Crippen LogP) is 4.00. The molecular formula is C16H24F2N2. The summed E-state index contributed by atoms with van der Waals surface area (Å²) in [5.74, 6) is -0.752. The van der Waals surface area contributed by atoms with Crippen LogP contribution in [0.3, 0.4) is 0 Å². The van der Waals surface area contributed by atoms with Crippen molar-refractivity contribution in [2.45, 2.75) is 58.0 Å². The second-order valence-corrected chi connectivity index (χ2v) is 5.86. The molecule has 1 aliphatic rings. The van der Waals surface area contributed by atoms with Crippen LogP contribution in [-0.4, -0.2) is 18.6 Å². The summed E-state index contributed by atoms with van der Waals surface area (Å²) < 4.78 is 27.3. The zero-order chi connectivity index (χ0) is 14.5. The number of nitrogens with one attached hydrogen (secondary N) is 2. The van der Waals surface area contributed by atoms with Gasteiger partial charge in [0.05, 0.1) is 5.69 Å². The van der Waals surface area contributed by atoms with Gasteiger partial charge in [0.1, 0.15) is 11.6 Å². The molecule has 1 saturated heterocycles. The van der Waals surface area contributed by atoms with Gasteiger partial charge in [-0.25, -0.2) is 8.78 Å². The van der Waals surface area contributed by atoms with Crippen LogP contribution in [0.4, 0.5) is 14.5 Å². The first kappa shape index (κ1) is 15.2. The normalized spacial score (nSPS) is 21.3. The minimum Gasteiger partial charge on any atom is -0.380 e. The lowest BCUT2D eigenvalue weighted by atomic mass is 10.0. The maximum atomic E-state index is 13.8. The summed E-state index contributed by atoms with van der Waals surface area (Å²) in [7, 11) is 0. The van der Waals surface area contributed by atoms with Gasteiger partial charge < -0.3 is 10.6 Å². The first-order valence-corrected chi connectivity index (χ1v) is 7.52. The Morgan fingerprint density at radius 1 is 1.25 bits per heavy atom. The predicted molar refractivity (Wildman–Crippen MR) is 79.1 cm³/mol. The van der Waals surface area contributed by atoms with Crippen LogP contribution < -0.4 is 10.6 Å². The fraction of sp³-hybridized carbons (Fsp3) is 0.625. The lowest BCUT2D eigenvalue weighted by Gasteiger charge is -2.22.